The molecule has 0 unspecified atom stereocenters. The first-order valence-corrected chi connectivity index (χ1v) is 20.0. The molecule has 0 amide bonds. The lowest BCUT2D eigenvalue weighted by Gasteiger charge is -2.16. The molecule has 10 aromatic rings. The SMILES string of the molecule is C=C/C=C(\C=C)c1ccc(-c2cc(-c3ccc(-c4nc(-c5ccccc5)c5ccccc5n4)cc3)nc(-c3ccc(-c4ccccc4)c4ccccc34)n2)c2ccccc12. The predicted molar refractivity (Wildman–Crippen MR) is 251 cm³/mol. The highest BCUT2D eigenvalue weighted by atomic mass is 14.9. The minimum atomic E-state index is 0.652. The second-order valence-corrected chi connectivity index (χ2v) is 14.7. The van der Waals surface area contributed by atoms with E-state index in [1.165, 1.54) is 5.56 Å². The molecule has 0 spiro atoms. The summed E-state index contributed by atoms with van der Waals surface area (Å²) >= 11 is 0. The van der Waals surface area contributed by atoms with Crippen molar-refractivity contribution in [2.75, 3.05) is 0 Å². The quantitative estimate of drug-likeness (QED) is 0.137. The van der Waals surface area contributed by atoms with Crippen LogP contribution in [0.25, 0.3) is 106 Å². The molecule has 282 valence electrons. The van der Waals surface area contributed by atoms with Crippen LogP contribution in [0, 0.1) is 0 Å². The molecule has 4 nitrogen and oxygen atoms in total. The van der Waals surface area contributed by atoms with Crippen molar-refractivity contribution in [2.24, 2.45) is 0 Å². The number of fused-ring (bicyclic) bond motifs is 3. The summed E-state index contributed by atoms with van der Waals surface area (Å²) in [4.78, 5) is 20.9. The zero-order chi connectivity index (χ0) is 40.4. The van der Waals surface area contributed by atoms with E-state index in [-0.39, 0.29) is 0 Å². The number of aromatic nitrogens is 4. The molecule has 0 aliphatic heterocycles. The van der Waals surface area contributed by atoms with Crippen LogP contribution in [0.2, 0.25) is 0 Å². The second-order valence-electron chi connectivity index (χ2n) is 14.7. The molecule has 10 rings (SSSR count). The third-order valence-electron chi connectivity index (χ3n) is 11.1. The lowest BCUT2D eigenvalue weighted by Crippen LogP contribution is -1.98. The normalized spacial score (nSPS) is 11.6. The second kappa shape index (κ2) is 15.7. The Hall–Kier alpha value is -8.08. The van der Waals surface area contributed by atoms with E-state index >= 15 is 0 Å². The van der Waals surface area contributed by atoms with Crippen LogP contribution in [0.4, 0.5) is 0 Å². The molecule has 4 heteroatoms. The Labute approximate surface area is 349 Å². The molecule has 0 saturated heterocycles. The van der Waals surface area contributed by atoms with Crippen molar-refractivity contribution in [2.45, 2.75) is 0 Å². The van der Waals surface area contributed by atoms with Crippen molar-refractivity contribution < 1.29 is 0 Å². The summed E-state index contributed by atoms with van der Waals surface area (Å²) in [5.74, 6) is 1.32. The molecule has 0 fully saturated rings. The Bertz CT molecular complexity index is 3280. The molecule has 0 radical (unpaired) electrons. The largest absolute Gasteiger partial charge is 0.228 e. The van der Waals surface area contributed by atoms with Gasteiger partial charge in [-0.25, -0.2) is 19.9 Å². The Balaban J connectivity index is 1.15. The first-order chi connectivity index (χ1) is 29.7. The summed E-state index contributed by atoms with van der Waals surface area (Å²) < 4.78 is 0. The maximum atomic E-state index is 5.38. The van der Waals surface area contributed by atoms with Gasteiger partial charge in [0.1, 0.15) is 0 Å². The molecule has 2 heterocycles. The molecule has 8 aromatic carbocycles. The van der Waals surface area contributed by atoms with Gasteiger partial charge in [0.05, 0.1) is 22.6 Å². The van der Waals surface area contributed by atoms with E-state index in [0.29, 0.717) is 11.6 Å². The molecule has 0 aliphatic carbocycles. The van der Waals surface area contributed by atoms with E-state index in [4.69, 9.17) is 19.9 Å². The van der Waals surface area contributed by atoms with Crippen molar-refractivity contribution in [1.29, 1.82) is 0 Å². The number of benzene rings is 8. The van der Waals surface area contributed by atoms with Crippen LogP contribution in [0.3, 0.4) is 0 Å². The standard InChI is InChI=1S/C56H38N4/c1-3-17-37(4-2)42-32-34-48(46-24-13-11-22-44(42)46)53-36-52(58-56(59-53)49-35-33-43(38-18-7-5-8-19-38)45-23-12-14-25-47(45)49)39-28-30-41(31-29-39)55-57-51-27-16-15-26-50(51)54(60-55)40-20-9-6-10-21-40/h3-36H,1-2H2/b37-17+. The van der Waals surface area contributed by atoms with Gasteiger partial charge in [0.2, 0.25) is 0 Å². The molecule has 0 atom stereocenters. The lowest BCUT2D eigenvalue weighted by atomic mass is 9.92. The number of hydrogen-bond acceptors (Lipinski definition) is 4. The molecule has 2 aromatic heterocycles. The minimum absolute atomic E-state index is 0.652. The smallest absolute Gasteiger partial charge is 0.161 e. The van der Waals surface area contributed by atoms with Gasteiger partial charge in [-0.05, 0) is 62.0 Å². The minimum Gasteiger partial charge on any atom is -0.228 e. The molecular formula is C56H38N4. The molecule has 0 bridgehead atoms. The fourth-order valence-electron chi connectivity index (χ4n) is 8.20. The Morgan fingerprint density at radius 2 is 0.933 bits per heavy atom. The third kappa shape index (κ3) is 6.66. The maximum Gasteiger partial charge on any atom is 0.161 e. The fourth-order valence-corrected chi connectivity index (χ4v) is 8.20. The van der Waals surface area contributed by atoms with E-state index in [1.807, 2.05) is 48.6 Å². The number of allylic oxidation sites excluding steroid dienone is 4. The average molecular weight is 767 g/mol. The summed E-state index contributed by atoms with van der Waals surface area (Å²) in [5.41, 5.74) is 12.8. The van der Waals surface area contributed by atoms with Crippen LogP contribution in [0.1, 0.15) is 5.56 Å². The summed E-state index contributed by atoms with van der Waals surface area (Å²) in [5, 5.41) is 5.45. The predicted octanol–water partition coefficient (Wildman–Crippen LogP) is 14.5. The van der Waals surface area contributed by atoms with Gasteiger partial charge in [0.25, 0.3) is 0 Å². The number of nitrogens with zero attached hydrogens (tertiary/aromatic N) is 4. The fraction of sp³-hybridized carbons (Fsp3) is 0. The van der Waals surface area contributed by atoms with Crippen LogP contribution >= 0.6 is 0 Å². The van der Waals surface area contributed by atoms with Crippen molar-refractivity contribution in [1.82, 2.24) is 19.9 Å². The van der Waals surface area contributed by atoms with E-state index in [1.54, 1.807) is 6.08 Å². The maximum absolute atomic E-state index is 5.38. The summed E-state index contributed by atoms with van der Waals surface area (Å²) in [6, 6.07) is 65.2. The van der Waals surface area contributed by atoms with Crippen molar-refractivity contribution in [3.05, 3.63) is 225 Å². The van der Waals surface area contributed by atoms with Gasteiger partial charge < -0.3 is 0 Å². The topological polar surface area (TPSA) is 51.6 Å². The van der Waals surface area contributed by atoms with Crippen molar-refractivity contribution in [3.8, 4) is 67.7 Å². The Morgan fingerprint density at radius 3 is 1.63 bits per heavy atom. The summed E-state index contributed by atoms with van der Waals surface area (Å²) in [6.45, 7) is 8.04. The van der Waals surface area contributed by atoms with Gasteiger partial charge >= 0.3 is 0 Å². The highest BCUT2D eigenvalue weighted by molar-refractivity contribution is 6.06. The third-order valence-corrected chi connectivity index (χ3v) is 11.1. The highest BCUT2D eigenvalue weighted by Gasteiger charge is 2.18. The van der Waals surface area contributed by atoms with E-state index in [2.05, 4.69) is 165 Å². The first-order valence-electron chi connectivity index (χ1n) is 20.0. The van der Waals surface area contributed by atoms with E-state index < -0.39 is 0 Å². The lowest BCUT2D eigenvalue weighted by molar-refractivity contribution is 1.19. The van der Waals surface area contributed by atoms with Crippen LogP contribution < -0.4 is 0 Å². The first kappa shape index (κ1) is 36.3. The van der Waals surface area contributed by atoms with Crippen molar-refractivity contribution in [3.63, 3.8) is 0 Å². The van der Waals surface area contributed by atoms with Gasteiger partial charge in [-0.2, -0.15) is 0 Å². The van der Waals surface area contributed by atoms with E-state index in [0.717, 1.165) is 94.0 Å². The summed E-state index contributed by atoms with van der Waals surface area (Å²) in [7, 11) is 0. The molecule has 0 saturated carbocycles. The number of rotatable bonds is 9. The van der Waals surface area contributed by atoms with Gasteiger partial charge in [0, 0.05) is 33.2 Å². The molecular weight excluding hydrogens is 729 g/mol. The van der Waals surface area contributed by atoms with Crippen molar-refractivity contribution >= 4 is 38.0 Å². The van der Waals surface area contributed by atoms with Gasteiger partial charge in [-0.15, -0.1) is 0 Å². The zero-order valence-electron chi connectivity index (χ0n) is 32.8. The molecule has 0 N–H and O–H groups in total. The van der Waals surface area contributed by atoms with Gasteiger partial charge in [-0.3, -0.25) is 0 Å². The molecule has 0 aliphatic rings. The van der Waals surface area contributed by atoms with Crippen LogP contribution in [0.5, 0.6) is 0 Å². The van der Waals surface area contributed by atoms with Gasteiger partial charge in [0.15, 0.2) is 11.6 Å². The summed E-state index contributed by atoms with van der Waals surface area (Å²) in [6.07, 6.45) is 5.67. The zero-order valence-corrected chi connectivity index (χ0v) is 32.8. The average Bonchev–Trinajstić information content (AvgIpc) is 3.32. The Morgan fingerprint density at radius 1 is 0.383 bits per heavy atom. The Kier molecular flexibility index (Phi) is 9.49. The number of para-hydroxylation sites is 1. The van der Waals surface area contributed by atoms with Crippen LogP contribution in [-0.4, -0.2) is 19.9 Å². The number of hydrogen-bond donors (Lipinski definition) is 0. The van der Waals surface area contributed by atoms with E-state index in [9.17, 15) is 0 Å². The van der Waals surface area contributed by atoms with Gasteiger partial charge in [-0.1, -0.05) is 201 Å². The van der Waals surface area contributed by atoms with Crippen LogP contribution in [0.15, 0.2) is 219 Å². The highest BCUT2D eigenvalue weighted by Crippen LogP contribution is 2.39. The monoisotopic (exact) mass is 766 g/mol. The molecule has 60 heavy (non-hydrogen) atoms. The van der Waals surface area contributed by atoms with Crippen LogP contribution in [-0.2, 0) is 0 Å².